The van der Waals surface area contributed by atoms with Gasteiger partial charge in [-0.05, 0) is 37.1 Å². The minimum absolute atomic E-state index is 0.0526. The zero-order chi connectivity index (χ0) is 20.3. The number of rotatable bonds is 1. The zero-order valence-electron chi connectivity index (χ0n) is 16.7. The van der Waals surface area contributed by atoms with Gasteiger partial charge in [-0.25, -0.2) is 4.98 Å². The van der Waals surface area contributed by atoms with Crippen LogP contribution in [0.4, 0.5) is 5.69 Å². The maximum absolute atomic E-state index is 12.4. The molecule has 2 aromatic carbocycles. The third kappa shape index (κ3) is 1.66. The summed E-state index contributed by atoms with van der Waals surface area (Å²) in [5.41, 5.74) is 10.8. The molecular formula is C24H23N3O3. The SMILES string of the molecule is COc1ccc2c3c1OC1c4nc5ccccc5c(N)c4CC4(O)C(C2)NCC[C@]314. The van der Waals surface area contributed by atoms with Gasteiger partial charge >= 0.3 is 0 Å². The molecule has 30 heavy (non-hydrogen) atoms. The highest BCUT2D eigenvalue weighted by Crippen LogP contribution is 2.67. The zero-order valence-corrected chi connectivity index (χ0v) is 16.7. The summed E-state index contributed by atoms with van der Waals surface area (Å²) in [4.78, 5) is 5.04. The number of piperidine rings is 1. The number of hydrogen-bond acceptors (Lipinski definition) is 6. The quantitative estimate of drug-likeness (QED) is 0.580. The summed E-state index contributed by atoms with van der Waals surface area (Å²) >= 11 is 0. The molecule has 6 nitrogen and oxygen atoms in total. The Balaban J connectivity index is 1.60. The fourth-order valence-corrected chi connectivity index (χ4v) is 6.73. The van der Waals surface area contributed by atoms with E-state index in [4.69, 9.17) is 20.2 Å². The summed E-state index contributed by atoms with van der Waals surface area (Å²) < 4.78 is 12.3. The molecule has 4 atom stereocenters. The maximum Gasteiger partial charge on any atom is 0.166 e. The first-order chi connectivity index (χ1) is 14.6. The highest BCUT2D eigenvalue weighted by atomic mass is 16.5. The number of methoxy groups -OCH3 is 1. The molecule has 3 heterocycles. The van der Waals surface area contributed by atoms with Crippen LogP contribution in [0.1, 0.15) is 34.9 Å². The van der Waals surface area contributed by atoms with Crippen LogP contribution in [0, 0.1) is 0 Å². The van der Waals surface area contributed by atoms with Crippen molar-refractivity contribution in [3.05, 3.63) is 58.8 Å². The van der Waals surface area contributed by atoms with Gasteiger partial charge in [-0.1, -0.05) is 24.3 Å². The molecule has 1 fully saturated rings. The molecule has 3 aromatic rings. The van der Waals surface area contributed by atoms with E-state index >= 15 is 0 Å². The van der Waals surface area contributed by atoms with E-state index in [1.165, 1.54) is 5.56 Å². The van der Waals surface area contributed by atoms with Crippen LogP contribution < -0.4 is 20.5 Å². The Bertz CT molecular complexity index is 1260. The Kier molecular flexibility index (Phi) is 2.96. The number of nitrogens with one attached hydrogen (secondary N) is 1. The normalized spacial score (nSPS) is 32.3. The van der Waals surface area contributed by atoms with E-state index in [0.717, 1.165) is 52.9 Å². The van der Waals surface area contributed by atoms with Gasteiger partial charge < -0.3 is 25.6 Å². The van der Waals surface area contributed by atoms with Crippen molar-refractivity contribution in [2.75, 3.05) is 19.4 Å². The summed E-state index contributed by atoms with van der Waals surface area (Å²) in [6.45, 7) is 0.835. The number of ether oxygens (including phenoxy) is 2. The van der Waals surface area contributed by atoms with Crippen LogP contribution in [0.3, 0.4) is 0 Å². The van der Waals surface area contributed by atoms with Gasteiger partial charge in [0.05, 0.1) is 29.3 Å². The van der Waals surface area contributed by atoms with Crippen molar-refractivity contribution in [2.24, 2.45) is 0 Å². The summed E-state index contributed by atoms with van der Waals surface area (Å²) in [5.74, 6) is 1.48. The molecule has 4 aliphatic rings. The van der Waals surface area contributed by atoms with Crippen LogP contribution in [-0.4, -0.2) is 35.4 Å². The summed E-state index contributed by atoms with van der Waals surface area (Å²) in [6.07, 6.45) is 1.63. The highest BCUT2D eigenvalue weighted by Gasteiger charge is 2.71. The Labute approximate surface area is 174 Å². The lowest BCUT2D eigenvalue weighted by atomic mass is 9.49. The highest BCUT2D eigenvalue weighted by molar-refractivity contribution is 5.92. The number of aromatic nitrogens is 1. The Morgan fingerprint density at radius 1 is 1.27 bits per heavy atom. The number of aliphatic hydroxyl groups is 1. The first-order valence-electron chi connectivity index (χ1n) is 10.6. The first-order valence-corrected chi connectivity index (χ1v) is 10.6. The monoisotopic (exact) mass is 401 g/mol. The van der Waals surface area contributed by atoms with Gasteiger partial charge in [-0.3, -0.25) is 0 Å². The third-order valence-electron chi connectivity index (χ3n) is 8.00. The van der Waals surface area contributed by atoms with Gasteiger partial charge in [0.2, 0.25) is 0 Å². The minimum atomic E-state index is -0.994. The molecule has 4 N–H and O–H groups in total. The van der Waals surface area contributed by atoms with E-state index in [0.29, 0.717) is 17.9 Å². The molecule has 0 amide bonds. The number of pyridine rings is 1. The minimum Gasteiger partial charge on any atom is -0.493 e. The van der Waals surface area contributed by atoms with E-state index in [1.54, 1.807) is 7.11 Å². The van der Waals surface area contributed by atoms with Crippen LogP contribution in [0.15, 0.2) is 36.4 Å². The van der Waals surface area contributed by atoms with Crippen LogP contribution >= 0.6 is 0 Å². The first kappa shape index (κ1) is 16.9. The Morgan fingerprint density at radius 2 is 2.13 bits per heavy atom. The number of hydrogen-bond donors (Lipinski definition) is 3. The number of nitrogens with zero attached hydrogens (tertiary/aromatic N) is 1. The average molecular weight is 401 g/mol. The standard InChI is InChI=1S/C24H23N3O3/c1-29-16-7-6-12-10-17-24(28)11-14-19(25)13-4-2-3-5-15(13)27-20(14)22-23(24,8-9-26-17)18(12)21(16)30-22/h2-7,17,22,26,28H,8-11H2,1H3,(H2,25,27)/t17?,22?,23-,24?/m0/s1. The molecule has 0 saturated carbocycles. The molecule has 0 radical (unpaired) electrons. The topological polar surface area (TPSA) is 89.6 Å². The summed E-state index contributed by atoms with van der Waals surface area (Å²) in [6, 6.07) is 12.0. The Hall–Kier alpha value is -2.83. The molecule has 2 aliphatic heterocycles. The van der Waals surface area contributed by atoms with E-state index in [1.807, 2.05) is 30.3 Å². The maximum atomic E-state index is 12.4. The second-order valence-corrected chi connectivity index (χ2v) is 9.07. The lowest BCUT2D eigenvalue weighted by Gasteiger charge is -2.60. The molecule has 152 valence electrons. The van der Waals surface area contributed by atoms with Crippen molar-refractivity contribution in [2.45, 2.75) is 42.4 Å². The lowest BCUT2D eigenvalue weighted by Crippen LogP contribution is -2.74. The van der Waals surface area contributed by atoms with Crippen LogP contribution in [-0.2, 0) is 18.3 Å². The number of fused-ring (bicyclic) bond motifs is 3. The van der Waals surface area contributed by atoms with Crippen molar-refractivity contribution in [3.8, 4) is 11.5 Å². The van der Waals surface area contributed by atoms with Gasteiger partial charge in [0.25, 0.3) is 0 Å². The van der Waals surface area contributed by atoms with Gasteiger partial charge in [-0.15, -0.1) is 0 Å². The number of nitrogens with two attached hydrogens (primary N) is 1. The van der Waals surface area contributed by atoms with Crippen molar-refractivity contribution < 1.29 is 14.6 Å². The smallest absolute Gasteiger partial charge is 0.166 e. The number of para-hydroxylation sites is 1. The van der Waals surface area contributed by atoms with E-state index in [9.17, 15) is 5.11 Å². The average Bonchev–Trinajstić information content (AvgIpc) is 3.09. The molecule has 2 aliphatic carbocycles. The fraction of sp³-hybridized carbons (Fsp3) is 0.375. The molecule has 7 rings (SSSR count). The van der Waals surface area contributed by atoms with E-state index in [-0.39, 0.29) is 12.1 Å². The largest absolute Gasteiger partial charge is 0.493 e. The van der Waals surface area contributed by atoms with Gasteiger partial charge in [0.1, 0.15) is 0 Å². The van der Waals surface area contributed by atoms with Gasteiger partial charge in [0.15, 0.2) is 17.6 Å². The number of nitrogen functional groups attached to an aromatic ring is 1. The lowest BCUT2D eigenvalue weighted by molar-refractivity contribution is -0.134. The Morgan fingerprint density at radius 3 is 3.00 bits per heavy atom. The summed E-state index contributed by atoms with van der Waals surface area (Å²) in [5, 5.41) is 16.9. The van der Waals surface area contributed by atoms with Crippen LogP contribution in [0.25, 0.3) is 10.9 Å². The molecule has 1 saturated heterocycles. The second kappa shape index (κ2) is 5.25. The number of benzene rings is 2. The predicted molar refractivity (Wildman–Crippen MR) is 113 cm³/mol. The predicted octanol–water partition coefficient (Wildman–Crippen LogP) is 2.40. The number of anilines is 1. The summed E-state index contributed by atoms with van der Waals surface area (Å²) in [7, 11) is 1.67. The molecule has 3 unspecified atom stereocenters. The molecule has 6 heteroatoms. The molecule has 1 spiro atoms. The van der Waals surface area contributed by atoms with Crippen molar-refractivity contribution in [3.63, 3.8) is 0 Å². The third-order valence-corrected chi connectivity index (χ3v) is 8.00. The van der Waals surface area contributed by atoms with Crippen molar-refractivity contribution >= 4 is 16.6 Å². The van der Waals surface area contributed by atoms with Crippen molar-refractivity contribution in [1.29, 1.82) is 0 Å². The van der Waals surface area contributed by atoms with E-state index < -0.39 is 11.0 Å². The molecular weight excluding hydrogens is 378 g/mol. The fourth-order valence-electron chi connectivity index (χ4n) is 6.73. The molecule has 1 aromatic heterocycles. The van der Waals surface area contributed by atoms with Gasteiger partial charge in [-0.2, -0.15) is 0 Å². The van der Waals surface area contributed by atoms with Crippen LogP contribution in [0.5, 0.6) is 11.5 Å². The molecule has 2 bridgehead atoms. The second-order valence-electron chi connectivity index (χ2n) is 9.07. The van der Waals surface area contributed by atoms with Crippen molar-refractivity contribution in [1.82, 2.24) is 10.3 Å². The van der Waals surface area contributed by atoms with Crippen LogP contribution in [0.2, 0.25) is 0 Å². The van der Waals surface area contributed by atoms with E-state index in [2.05, 4.69) is 11.4 Å². The van der Waals surface area contributed by atoms with Gasteiger partial charge in [0, 0.05) is 34.7 Å².